The van der Waals surface area contributed by atoms with E-state index in [1.54, 1.807) is 0 Å². The Morgan fingerprint density at radius 3 is 2.48 bits per heavy atom. The van der Waals surface area contributed by atoms with Gasteiger partial charge in [0.05, 0.1) is 0 Å². The third-order valence-corrected chi connectivity index (χ3v) is 6.25. The minimum Gasteiger partial charge on any atom is -0.356 e. The van der Waals surface area contributed by atoms with Crippen LogP contribution in [-0.4, -0.2) is 50.7 Å². The Morgan fingerprint density at radius 2 is 1.81 bits per heavy atom. The van der Waals surface area contributed by atoms with Crippen molar-refractivity contribution in [3.63, 3.8) is 0 Å². The van der Waals surface area contributed by atoms with Crippen LogP contribution >= 0.6 is 0 Å². The number of amides is 2. The average Bonchev–Trinajstić information content (AvgIpc) is 2.67. The van der Waals surface area contributed by atoms with E-state index >= 15 is 0 Å². The summed E-state index contributed by atoms with van der Waals surface area (Å²) in [6, 6.07) is 3.28. The maximum Gasteiger partial charge on any atom is 0.251 e. The van der Waals surface area contributed by atoms with Crippen LogP contribution in [0.1, 0.15) is 49.4 Å². The number of piperidine rings is 1. The van der Waals surface area contributed by atoms with E-state index in [4.69, 9.17) is 0 Å². The van der Waals surface area contributed by atoms with Gasteiger partial charge in [-0.15, -0.1) is 0 Å². The van der Waals surface area contributed by atoms with Crippen LogP contribution in [0, 0.1) is 5.82 Å². The molecule has 0 radical (unpaired) electrons. The molecule has 0 bridgehead atoms. The van der Waals surface area contributed by atoms with E-state index in [2.05, 4.69) is 10.6 Å². The van der Waals surface area contributed by atoms with Crippen LogP contribution < -0.4 is 10.6 Å². The van der Waals surface area contributed by atoms with Crippen LogP contribution in [0.4, 0.5) is 4.39 Å². The van der Waals surface area contributed by atoms with Gasteiger partial charge in [0, 0.05) is 38.2 Å². The standard InChI is InChI=1S/C18H26FN3O4S/c1-2-9-20-17(23)8-10-21-18(24)14-6-7-15(19)16(13-14)27(25,26)22-11-4-3-5-12-22/h6-7,13H,2-5,8-12H2,1H3,(H,20,23)(H,21,24). The summed E-state index contributed by atoms with van der Waals surface area (Å²) in [5.74, 6) is -1.60. The molecule has 2 amide bonds. The van der Waals surface area contributed by atoms with Crippen molar-refractivity contribution < 1.29 is 22.4 Å². The summed E-state index contributed by atoms with van der Waals surface area (Å²) >= 11 is 0. The summed E-state index contributed by atoms with van der Waals surface area (Å²) < 4.78 is 40.8. The van der Waals surface area contributed by atoms with E-state index in [1.807, 2.05) is 6.92 Å². The monoisotopic (exact) mass is 399 g/mol. The molecule has 7 nitrogen and oxygen atoms in total. The number of nitrogens with one attached hydrogen (secondary N) is 2. The van der Waals surface area contributed by atoms with Crippen LogP contribution in [0.25, 0.3) is 0 Å². The second kappa shape index (κ2) is 9.80. The quantitative estimate of drug-likeness (QED) is 0.695. The first-order chi connectivity index (χ1) is 12.9. The average molecular weight is 399 g/mol. The van der Waals surface area contributed by atoms with Gasteiger partial charge in [0.15, 0.2) is 0 Å². The van der Waals surface area contributed by atoms with E-state index in [0.717, 1.165) is 37.8 Å². The summed E-state index contributed by atoms with van der Waals surface area (Å²) in [4.78, 5) is 23.3. The molecular weight excluding hydrogens is 373 g/mol. The second-order valence-electron chi connectivity index (χ2n) is 6.47. The number of carbonyl (C=O) groups excluding carboxylic acids is 2. The topological polar surface area (TPSA) is 95.6 Å². The zero-order valence-electron chi connectivity index (χ0n) is 15.5. The number of sulfonamides is 1. The van der Waals surface area contributed by atoms with Gasteiger partial charge < -0.3 is 10.6 Å². The fourth-order valence-corrected chi connectivity index (χ4v) is 4.44. The lowest BCUT2D eigenvalue weighted by atomic mass is 10.2. The second-order valence-corrected chi connectivity index (χ2v) is 8.37. The third kappa shape index (κ3) is 5.74. The molecule has 9 heteroatoms. The molecule has 1 aliphatic heterocycles. The fourth-order valence-electron chi connectivity index (χ4n) is 2.83. The number of benzene rings is 1. The number of rotatable bonds is 8. The Morgan fingerprint density at radius 1 is 1.11 bits per heavy atom. The van der Waals surface area contributed by atoms with Gasteiger partial charge in [0.25, 0.3) is 5.91 Å². The molecule has 150 valence electrons. The molecule has 1 heterocycles. The largest absolute Gasteiger partial charge is 0.356 e. The highest BCUT2D eigenvalue weighted by Crippen LogP contribution is 2.24. The molecule has 0 aromatic heterocycles. The summed E-state index contributed by atoms with van der Waals surface area (Å²) in [7, 11) is -3.98. The zero-order chi connectivity index (χ0) is 19.9. The highest BCUT2D eigenvalue weighted by Gasteiger charge is 2.29. The number of hydrogen-bond acceptors (Lipinski definition) is 4. The molecule has 0 unspecified atom stereocenters. The van der Waals surface area contributed by atoms with Gasteiger partial charge in [-0.3, -0.25) is 9.59 Å². The van der Waals surface area contributed by atoms with Gasteiger partial charge >= 0.3 is 0 Å². The number of hydrogen-bond donors (Lipinski definition) is 2. The van der Waals surface area contributed by atoms with E-state index in [1.165, 1.54) is 10.4 Å². The van der Waals surface area contributed by atoms with Crippen molar-refractivity contribution >= 4 is 21.8 Å². The van der Waals surface area contributed by atoms with Gasteiger partial charge in [0.1, 0.15) is 10.7 Å². The first-order valence-electron chi connectivity index (χ1n) is 9.21. The van der Waals surface area contributed by atoms with Crippen molar-refractivity contribution in [3.8, 4) is 0 Å². The first-order valence-corrected chi connectivity index (χ1v) is 10.6. The predicted octanol–water partition coefficient (Wildman–Crippen LogP) is 1.65. The molecular formula is C18H26FN3O4S. The lowest BCUT2D eigenvalue weighted by Gasteiger charge is -2.26. The Hall–Kier alpha value is -2.00. The van der Waals surface area contributed by atoms with Crippen LogP contribution in [0.3, 0.4) is 0 Å². The van der Waals surface area contributed by atoms with Crippen LogP contribution in [-0.2, 0) is 14.8 Å². The van der Waals surface area contributed by atoms with Crippen LogP contribution in [0.15, 0.2) is 23.1 Å². The van der Waals surface area contributed by atoms with Crippen LogP contribution in [0.5, 0.6) is 0 Å². The van der Waals surface area contributed by atoms with E-state index in [9.17, 15) is 22.4 Å². The summed E-state index contributed by atoms with van der Waals surface area (Å²) in [6.07, 6.45) is 3.36. The molecule has 1 aromatic carbocycles. The number of nitrogens with zero attached hydrogens (tertiary/aromatic N) is 1. The molecule has 27 heavy (non-hydrogen) atoms. The smallest absolute Gasteiger partial charge is 0.251 e. The van der Waals surface area contributed by atoms with Gasteiger partial charge in [-0.2, -0.15) is 4.31 Å². The van der Waals surface area contributed by atoms with Crippen molar-refractivity contribution in [3.05, 3.63) is 29.6 Å². The maximum absolute atomic E-state index is 14.2. The predicted molar refractivity (Wildman–Crippen MR) is 99.3 cm³/mol. The molecule has 2 rings (SSSR count). The van der Waals surface area contributed by atoms with E-state index in [-0.39, 0.29) is 24.4 Å². The Kier molecular flexibility index (Phi) is 7.73. The van der Waals surface area contributed by atoms with E-state index < -0.39 is 26.6 Å². The minimum absolute atomic E-state index is 0.0425. The highest BCUT2D eigenvalue weighted by atomic mass is 32.2. The lowest BCUT2D eigenvalue weighted by Crippen LogP contribution is -2.36. The van der Waals surface area contributed by atoms with E-state index in [0.29, 0.717) is 19.6 Å². The fraction of sp³-hybridized carbons (Fsp3) is 0.556. The molecule has 2 N–H and O–H groups in total. The summed E-state index contributed by atoms with van der Waals surface area (Å²) in [5, 5.41) is 5.25. The zero-order valence-corrected chi connectivity index (χ0v) is 16.3. The molecule has 1 aromatic rings. The molecule has 1 aliphatic rings. The SMILES string of the molecule is CCCNC(=O)CCNC(=O)c1ccc(F)c(S(=O)(=O)N2CCCCC2)c1. The first kappa shape index (κ1) is 21.3. The van der Waals surface area contributed by atoms with Crippen molar-refractivity contribution in [2.24, 2.45) is 0 Å². The van der Waals surface area contributed by atoms with Crippen molar-refractivity contribution in [1.29, 1.82) is 0 Å². The summed E-state index contributed by atoms with van der Waals surface area (Å²) in [6.45, 7) is 3.32. The molecule has 0 spiro atoms. The minimum atomic E-state index is -3.98. The Bertz CT molecular complexity index is 777. The van der Waals surface area contributed by atoms with Crippen LogP contribution in [0.2, 0.25) is 0 Å². The van der Waals surface area contributed by atoms with Crippen molar-refractivity contribution in [2.45, 2.75) is 43.9 Å². The molecule has 0 aliphatic carbocycles. The lowest BCUT2D eigenvalue weighted by molar-refractivity contribution is -0.120. The highest BCUT2D eigenvalue weighted by molar-refractivity contribution is 7.89. The number of carbonyl (C=O) groups is 2. The molecule has 1 saturated heterocycles. The molecule has 0 atom stereocenters. The normalized spacial score (nSPS) is 15.3. The Balaban J connectivity index is 2.05. The van der Waals surface area contributed by atoms with Gasteiger partial charge in [-0.25, -0.2) is 12.8 Å². The van der Waals surface area contributed by atoms with Gasteiger partial charge in [-0.05, 0) is 37.5 Å². The summed E-state index contributed by atoms with van der Waals surface area (Å²) in [5.41, 5.74) is 0.0425. The molecule has 0 saturated carbocycles. The van der Waals surface area contributed by atoms with Crippen molar-refractivity contribution in [1.82, 2.24) is 14.9 Å². The van der Waals surface area contributed by atoms with Gasteiger partial charge in [0.2, 0.25) is 15.9 Å². The Labute approximate surface area is 159 Å². The van der Waals surface area contributed by atoms with Crippen molar-refractivity contribution in [2.75, 3.05) is 26.2 Å². The number of halogens is 1. The maximum atomic E-state index is 14.2. The van der Waals surface area contributed by atoms with Gasteiger partial charge in [-0.1, -0.05) is 13.3 Å². The molecule has 1 fully saturated rings. The third-order valence-electron chi connectivity index (χ3n) is 4.34.